The standard InChI is InChI=1S/C14H19N5O/c1-2-20-14-9-13(15-11-16-14)18-7-3-5-12(10-18)19-8-4-6-17-19/h4,6,8-9,11-12H,2-3,5,7,10H2,1H3/t12-/m0/s1. The van der Waals surface area contributed by atoms with Gasteiger partial charge in [-0.2, -0.15) is 5.10 Å². The molecule has 0 bridgehead atoms. The van der Waals surface area contributed by atoms with Crippen molar-refractivity contribution < 1.29 is 4.74 Å². The van der Waals surface area contributed by atoms with Gasteiger partial charge in [-0.05, 0) is 25.8 Å². The van der Waals surface area contributed by atoms with E-state index in [2.05, 4.69) is 20.0 Å². The maximum Gasteiger partial charge on any atom is 0.218 e. The molecule has 20 heavy (non-hydrogen) atoms. The van der Waals surface area contributed by atoms with Gasteiger partial charge < -0.3 is 9.64 Å². The lowest BCUT2D eigenvalue weighted by molar-refractivity contribution is 0.325. The van der Waals surface area contributed by atoms with E-state index in [1.54, 1.807) is 6.33 Å². The first-order chi connectivity index (χ1) is 9.86. The predicted molar refractivity (Wildman–Crippen MR) is 75.9 cm³/mol. The van der Waals surface area contributed by atoms with Crippen LogP contribution >= 0.6 is 0 Å². The first-order valence-electron chi connectivity index (χ1n) is 7.05. The Morgan fingerprint density at radius 2 is 2.35 bits per heavy atom. The molecule has 0 aromatic carbocycles. The molecule has 3 heterocycles. The van der Waals surface area contributed by atoms with Crippen LogP contribution in [0.3, 0.4) is 0 Å². The summed E-state index contributed by atoms with van der Waals surface area (Å²) in [6.45, 7) is 4.51. The normalized spacial score (nSPS) is 19.1. The fraction of sp³-hybridized carbons (Fsp3) is 0.500. The molecule has 6 nitrogen and oxygen atoms in total. The van der Waals surface area contributed by atoms with Crippen LogP contribution in [0.25, 0.3) is 0 Å². The fourth-order valence-corrected chi connectivity index (χ4v) is 2.61. The van der Waals surface area contributed by atoms with E-state index in [-0.39, 0.29) is 0 Å². The molecule has 2 aromatic heterocycles. The average Bonchev–Trinajstić information content (AvgIpc) is 3.02. The molecule has 1 atom stereocenters. The van der Waals surface area contributed by atoms with Gasteiger partial charge in [0.05, 0.1) is 12.6 Å². The van der Waals surface area contributed by atoms with Crippen LogP contribution in [-0.2, 0) is 0 Å². The zero-order valence-electron chi connectivity index (χ0n) is 11.6. The Kier molecular flexibility index (Phi) is 3.80. The third kappa shape index (κ3) is 2.74. The van der Waals surface area contributed by atoms with Crippen molar-refractivity contribution in [3.05, 3.63) is 30.9 Å². The van der Waals surface area contributed by atoms with E-state index in [1.807, 2.05) is 36.1 Å². The molecule has 1 aliphatic rings. The molecule has 0 saturated carbocycles. The highest BCUT2D eigenvalue weighted by atomic mass is 16.5. The van der Waals surface area contributed by atoms with Gasteiger partial charge in [0.15, 0.2) is 0 Å². The maximum absolute atomic E-state index is 5.44. The Morgan fingerprint density at radius 1 is 1.40 bits per heavy atom. The SMILES string of the molecule is CCOc1cc(N2CCC[C@H](n3cccn3)C2)ncn1. The molecule has 0 N–H and O–H groups in total. The number of piperidine rings is 1. The largest absolute Gasteiger partial charge is 0.478 e. The number of aromatic nitrogens is 4. The van der Waals surface area contributed by atoms with Crippen molar-refractivity contribution in [3.63, 3.8) is 0 Å². The fourth-order valence-electron chi connectivity index (χ4n) is 2.61. The quantitative estimate of drug-likeness (QED) is 0.851. The Morgan fingerprint density at radius 3 is 3.15 bits per heavy atom. The number of hydrogen-bond donors (Lipinski definition) is 0. The van der Waals surface area contributed by atoms with Gasteiger partial charge in [-0.25, -0.2) is 9.97 Å². The third-order valence-electron chi connectivity index (χ3n) is 3.54. The van der Waals surface area contributed by atoms with Crippen LogP contribution in [0.2, 0.25) is 0 Å². The van der Waals surface area contributed by atoms with Gasteiger partial charge in [0.1, 0.15) is 12.1 Å². The lowest BCUT2D eigenvalue weighted by atomic mass is 10.1. The predicted octanol–water partition coefficient (Wildman–Crippen LogP) is 1.91. The summed E-state index contributed by atoms with van der Waals surface area (Å²) >= 11 is 0. The van der Waals surface area contributed by atoms with Gasteiger partial charge in [-0.15, -0.1) is 0 Å². The van der Waals surface area contributed by atoms with Crippen LogP contribution < -0.4 is 9.64 Å². The van der Waals surface area contributed by atoms with E-state index in [9.17, 15) is 0 Å². The number of rotatable bonds is 4. The van der Waals surface area contributed by atoms with Crippen molar-refractivity contribution in [1.29, 1.82) is 0 Å². The smallest absolute Gasteiger partial charge is 0.218 e. The highest BCUT2D eigenvalue weighted by Gasteiger charge is 2.22. The first-order valence-corrected chi connectivity index (χ1v) is 7.05. The second-order valence-electron chi connectivity index (χ2n) is 4.88. The number of anilines is 1. The van der Waals surface area contributed by atoms with Crippen LogP contribution in [0.1, 0.15) is 25.8 Å². The Labute approximate surface area is 118 Å². The molecule has 0 radical (unpaired) electrons. The minimum absolute atomic E-state index is 0.407. The molecule has 6 heteroatoms. The molecule has 3 rings (SSSR count). The van der Waals surface area contributed by atoms with Gasteiger partial charge in [0.25, 0.3) is 0 Å². The van der Waals surface area contributed by atoms with Crippen LogP contribution in [0, 0.1) is 0 Å². The lowest BCUT2D eigenvalue weighted by Crippen LogP contribution is -2.37. The summed E-state index contributed by atoms with van der Waals surface area (Å²) in [5, 5.41) is 4.35. The van der Waals surface area contributed by atoms with Gasteiger partial charge >= 0.3 is 0 Å². The number of hydrogen-bond acceptors (Lipinski definition) is 5. The minimum Gasteiger partial charge on any atom is -0.478 e. The molecular weight excluding hydrogens is 254 g/mol. The number of nitrogens with zero attached hydrogens (tertiary/aromatic N) is 5. The van der Waals surface area contributed by atoms with Crippen molar-refractivity contribution >= 4 is 5.82 Å². The van der Waals surface area contributed by atoms with Crippen LogP contribution in [0.5, 0.6) is 5.88 Å². The molecular formula is C14H19N5O. The summed E-state index contributed by atoms with van der Waals surface area (Å²) in [6, 6.07) is 4.29. The highest BCUT2D eigenvalue weighted by molar-refractivity contribution is 5.41. The molecule has 0 amide bonds. The Hall–Kier alpha value is -2.11. The molecule has 0 unspecified atom stereocenters. The zero-order chi connectivity index (χ0) is 13.8. The van der Waals surface area contributed by atoms with Crippen molar-refractivity contribution in [2.24, 2.45) is 0 Å². The highest BCUT2D eigenvalue weighted by Crippen LogP contribution is 2.25. The summed E-state index contributed by atoms with van der Waals surface area (Å²) in [5.74, 6) is 1.57. The van der Waals surface area contributed by atoms with Crippen LogP contribution in [-0.4, -0.2) is 39.4 Å². The topological polar surface area (TPSA) is 56.1 Å². The zero-order valence-corrected chi connectivity index (χ0v) is 11.6. The first kappa shape index (κ1) is 12.9. The molecule has 1 aliphatic heterocycles. The summed E-state index contributed by atoms with van der Waals surface area (Å²) in [6.07, 6.45) is 7.72. The van der Waals surface area contributed by atoms with Crippen molar-refractivity contribution in [1.82, 2.24) is 19.7 Å². The molecule has 1 fully saturated rings. The molecule has 1 saturated heterocycles. The molecule has 106 valence electrons. The van der Waals surface area contributed by atoms with Gasteiger partial charge in [0.2, 0.25) is 5.88 Å². The summed E-state index contributed by atoms with van der Waals surface area (Å²) in [7, 11) is 0. The molecule has 0 spiro atoms. The second-order valence-corrected chi connectivity index (χ2v) is 4.88. The van der Waals surface area contributed by atoms with E-state index in [4.69, 9.17) is 4.74 Å². The molecule has 0 aliphatic carbocycles. The van der Waals surface area contributed by atoms with Gasteiger partial charge in [-0.1, -0.05) is 0 Å². The van der Waals surface area contributed by atoms with E-state index in [1.165, 1.54) is 0 Å². The van der Waals surface area contributed by atoms with E-state index >= 15 is 0 Å². The maximum atomic E-state index is 5.44. The van der Waals surface area contributed by atoms with Crippen molar-refractivity contribution in [2.45, 2.75) is 25.8 Å². The van der Waals surface area contributed by atoms with E-state index in [0.29, 0.717) is 18.5 Å². The monoisotopic (exact) mass is 273 g/mol. The number of ether oxygens (including phenoxy) is 1. The van der Waals surface area contributed by atoms with Gasteiger partial charge in [-0.3, -0.25) is 4.68 Å². The summed E-state index contributed by atoms with van der Waals surface area (Å²) in [5.41, 5.74) is 0. The Bertz CT molecular complexity index is 542. The second kappa shape index (κ2) is 5.90. The lowest BCUT2D eigenvalue weighted by Gasteiger charge is -2.33. The van der Waals surface area contributed by atoms with Gasteiger partial charge in [0, 0.05) is 31.5 Å². The van der Waals surface area contributed by atoms with Crippen LogP contribution in [0.4, 0.5) is 5.82 Å². The third-order valence-corrected chi connectivity index (χ3v) is 3.54. The Balaban J connectivity index is 1.74. The summed E-state index contributed by atoms with van der Waals surface area (Å²) in [4.78, 5) is 10.8. The minimum atomic E-state index is 0.407. The van der Waals surface area contributed by atoms with E-state index < -0.39 is 0 Å². The summed E-state index contributed by atoms with van der Waals surface area (Å²) < 4.78 is 7.48. The van der Waals surface area contributed by atoms with Crippen molar-refractivity contribution in [2.75, 3.05) is 24.6 Å². The van der Waals surface area contributed by atoms with Crippen LogP contribution in [0.15, 0.2) is 30.9 Å². The van der Waals surface area contributed by atoms with E-state index in [0.717, 1.165) is 31.7 Å². The molecule has 2 aromatic rings. The van der Waals surface area contributed by atoms with Crippen molar-refractivity contribution in [3.8, 4) is 5.88 Å². The average molecular weight is 273 g/mol.